The predicted octanol–water partition coefficient (Wildman–Crippen LogP) is 5.17. The van der Waals surface area contributed by atoms with Crippen LogP contribution in [-0.2, 0) is 0 Å². The molecule has 0 aliphatic rings. The maximum absolute atomic E-state index is 8.73. The van der Waals surface area contributed by atoms with Gasteiger partial charge in [0.1, 0.15) is 0 Å². The van der Waals surface area contributed by atoms with E-state index in [9.17, 15) is 0 Å². The molecule has 0 unspecified atom stereocenters. The number of nitrogens with zero attached hydrogens (tertiary/aromatic N) is 3. The molecule has 3 nitrogen and oxygen atoms in total. The van der Waals surface area contributed by atoms with Crippen molar-refractivity contribution < 1.29 is 0 Å². The zero-order valence-corrected chi connectivity index (χ0v) is 11.2. The Bertz CT molecular complexity index is 535. The van der Waals surface area contributed by atoms with Gasteiger partial charge >= 0.3 is 0 Å². The number of halogens is 1. The number of hydrogen-bond acceptors (Lipinski definition) is 1. The first-order valence-corrected chi connectivity index (χ1v) is 6.52. The highest BCUT2D eigenvalue weighted by molar-refractivity contribution is 9.09. The third kappa shape index (κ3) is 2.92. The van der Waals surface area contributed by atoms with Crippen LogP contribution in [0.15, 0.2) is 65.8 Å². The largest absolute Gasteiger partial charge is 0.0844 e. The average molecular weight is 302 g/mol. The van der Waals surface area contributed by atoms with Gasteiger partial charge < -0.3 is 0 Å². The van der Waals surface area contributed by atoms with Crippen LogP contribution in [0.3, 0.4) is 0 Å². The van der Waals surface area contributed by atoms with Crippen molar-refractivity contribution >= 4 is 15.9 Å². The van der Waals surface area contributed by atoms with Crippen molar-refractivity contribution in [3.05, 3.63) is 82.2 Å². The molecule has 18 heavy (non-hydrogen) atoms. The molecule has 2 aromatic rings. The normalized spacial score (nSPS) is 13.4. The summed E-state index contributed by atoms with van der Waals surface area (Å²) in [5, 5.41) is 3.90. The van der Waals surface area contributed by atoms with E-state index in [2.05, 4.69) is 26.0 Å². The van der Waals surface area contributed by atoms with E-state index in [0.29, 0.717) is 0 Å². The zero-order valence-electron chi connectivity index (χ0n) is 9.65. The van der Waals surface area contributed by atoms with Gasteiger partial charge in [-0.15, -0.1) is 0 Å². The highest BCUT2D eigenvalue weighted by atomic mass is 79.9. The molecule has 2 rings (SSSR count). The Morgan fingerprint density at radius 2 is 1.39 bits per heavy atom. The summed E-state index contributed by atoms with van der Waals surface area (Å²) >= 11 is 3.63. The Hall–Kier alpha value is -1.77. The zero-order chi connectivity index (χ0) is 12.8. The van der Waals surface area contributed by atoms with E-state index in [1.54, 1.807) is 0 Å². The quantitative estimate of drug-likeness (QED) is 0.323. The van der Waals surface area contributed by atoms with Gasteiger partial charge in [0, 0.05) is 4.91 Å². The number of hydrogen-bond donors (Lipinski definition) is 0. The fourth-order valence-electron chi connectivity index (χ4n) is 1.82. The number of benzene rings is 2. The lowest BCUT2D eigenvalue weighted by atomic mass is 9.99. The van der Waals surface area contributed by atoms with Gasteiger partial charge in [-0.25, -0.2) is 0 Å². The smallest absolute Gasteiger partial charge is 0.0791 e. The van der Waals surface area contributed by atoms with Crippen LogP contribution in [0.5, 0.6) is 0 Å². The molecule has 0 N–H and O–H groups in total. The molecule has 0 saturated heterocycles. The molecule has 0 aliphatic carbocycles. The second-order valence-corrected chi connectivity index (χ2v) is 4.86. The molecule has 0 spiro atoms. The summed E-state index contributed by atoms with van der Waals surface area (Å²) in [6.07, 6.45) is 0. The minimum atomic E-state index is -0.251. The van der Waals surface area contributed by atoms with Gasteiger partial charge in [-0.3, -0.25) is 0 Å². The van der Waals surface area contributed by atoms with Crippen molar-refractivity contribution in [1.29, 1.82) is 0 Å². The molecular formula is C14H12BrN3. The van der Waals surface area contributed by atoms with Gasteiger partial charge in [-0.1, -0.05) is 81.7 Å². The topological polar surface area (TPSA) is 48.8 Å². The van der Waals surface area contributed by atoms with Gasteiger partial charge in [-0.05, 0) is 16.7 Å². The van der Waals surface area contributed by atoms with Gasteiger partial charge in [0.25, 0.3) is 0 Å². The Morgan fingerprint density at radius 1 is 0.889 bits per heavy atom. The van der Waals surface area contributed by atoms with Crippen LogP contribution in [0.2, 0.25) is 0 Å². The first-order valence-electron chi connectivity index (χ1n) is 5.61. The Kier molecular flexibility index (Phi) is 4.40. The lowest BCUT2D eigenvalue weighted by Gasteiger charge is -2.18. The second kappa shape index (κ2) is 6.24. The van der Waals surface area contributed by atoms with E-state index in [4.69, 9.17) is 5.53 Å². The van der Waals surface area contributed by atoms with E-state index in [-0.39, 0.29) is 10.9 Å². The number of alkyl halides is 1. The Labute approximate surface area is 114 Å². The minimum Gasteiger partial charge on any atom is -0.0844 e. The van der Waals surface area contributed by atoms with Crippen LogP contribution in [-0.4, -0.2) is 0 Å². The highest BCUT2D eigenvalue weighted by Gasteiger charge is 2.20. The van der Waals surface area contributed by atoms with Crippen molar-refractivity contribution in [3.63, 3.8) is 0 Å². The molecule has 4 heteroatoms. The van der Waals surface area contributed by atoms with Gasteiger partial charge in [0.05, 0.1) is 10.9 Å². The summed E-state index contributed by atoms with van der Waals surface area (Å²) in [6.45, 7) is 0. The Balaban J connectivity index is 2.35. The van der Waals surface area contributed by atoms with Crippen molar-refractivity contribution in [2.75, 3.05) is 0 Å². The maximum atomic E-state index is 8.73. The van der Waals surface area contributed by atoms with Crippen LogP contribution in [0, 0.1) is 0 Å². The summed E-state index contributed by atoms with van der Waals surface area (Å²) in [7, 11) is 0. The molecule has 0 heterocycles. The van der Waals surface area contributed by atoms with Gasteiger partial charge in [0.15, 0.2) is 0 Å². The predicted molar refractivity (Wildman–Crippen MR) is 76.4 cm³/mol. The molecule has 0 saturated carbocycles. The van der Waals surface area contributed by atoms with Crippen LogP contribution >= 0.6 is 15.9 Å². The molecule has 0 fully saturated rings. The van der Waals surface area contributed by atoms with E-state index >= 15 is 0 Å². The number of rotatable bonds is 4. The lowest BCUT2D eigenvalue weighted by Crippen LogP contribution is -2.02. The first kappa shape index (κ1) is 12.7. The van der Waals surface area contributed by atoms with Crippen LogP contribution in [0.1, 0.15) is 22.0 Å². The van der Waals surface area contributed by atoms with Crippen molar-refractivity contribution in [3.8, 4) is 0 Å². The second-order valence-electron chi connectivity index (χ2n) is 3.87. The number of azide groups is 1. The van der Waals surface area contributed by atoms with Crippen molar-refractivity contribution in [2.45, 2.75) is 10.9 Å². The molecule has 0 amide bonds. The summed E-state index contributed by atoms with van der Waals surface area (Å²) in [5.74, 6) is 0. The third-order valence-electron chi connectivity index (χ3n) is 2.71. The van der Waals surface area contributed by atoms with Crippen molar-refractivity contribution in [1.82, 2.24) is 0 Å². The molecule has 0 aromatic heterocycles. The summed E-state index contributed by atoms with van der Waals surface area (Å²) in [5.41, 5.74) is 10.8. The third-order valence-corrected chi connectivity index (χ3v) is 3.74. The SMILES string of the molecule is [N-]=[N+]=N[C@@H](c1ccccc1)[C@H](Br)c1ccccc1. The van der Waals surface area contributed by atoms with Crippen LogP contribution in [0.25, 0.3) is 10.4 Å². The molecular weight excluding hydrogens is 290 g/mol. The lowest BCUT2D eigenvalue weighted by molar-refractivity contribution is 0.709. The molecule has 0 aliphatic heterocycles. The van der Waals surface area contributed by atoms with E-state index in [0.717, 1.165) is 11.1 Å². The van der Waals surface area contributed by atoms with Gasteiger partial charge in [0.2, 0.25) is 0 Å². The molecule has 0 radical (unpaired) electrons. The molecule has 2 atom stereocenters. The van der Waals surface area contributed by atoms with Crippen LogP contribution in [0.4, 0.5) is 0 Å². The molecule has 0 bridgehead atoms. The highest BCUT2D eigenvalue weighted by Crippen LogP contribution is 2.38. The summed E-state index contributed by atoms with van der Waals surface area (Å²) < 4.78 is 0. The average Bonchev–Trinajstić information content (AvgIpc) is 2.46. The fraction of sp³-hybridized carbons (Fsp3) is 0.143. The van der Waals surface area contributed by atoms with Crippen molar-refractivity contribution in [2.24, 2.45) is 5.11 Å². The van der Waals surface area contributed by atoms with E-state index in [1.165, 1.54) is 0 Å². The standard InChI is InChI=1S/C14H12BrN3/c15-13(11-7-3-1-4-8-11)14(17-18-16)12-9-5-2-6-10-12/h1-10,13-14H/t13-,14+/m1/s1. The molecule has 90 valence electrons. The maximum Gasteiger partial charge on any atom is 0.0791 e. The first-order chi connectivity index (χ1) is 8.83. The Morgan fingerprint density at radius 3 is 1.89 bits per heavy atom. The summed E-state index contributed by atoms with van der Waals surface area (Å²) in [6, 6.07) is 19.5. The van der Waals surface area contributed by atoms with E-state index < -0.39 is 0 Å². The fourth-order valence-corrected chi connectivity index (χ4v) is 2.54. The monoisotopic (exact) mass is 301 g/mol. The summed E-state index contributed by atoms with van der Waals surface area (Å²) in [4.78, 5) is 2.92. The minimum absolute atomic E-state index is 0.0306. The van der Waals surface area contributed by atoms with E-state index in [1.807, 2.05) is 60.7 Å². The van der Waals surface area contributed by atoms with Gasteiger partial charge in [-0.2, -0.15) is 0 Å². The molecule has 2 aromatic carbocycles. The van der Waals surface area contributed by atoms with Crippen LogP contribution < -0.4 is 0 Å².